The van der Waals surface area contributed by atoms with Gasteiger partial charge in [-0.1, -0.05) is 13.3 Å². The Morgan fingerprint density at radius 3 is 2.88 bits per heavy atom. The van der Waals surface area contributed by atoms with Crippen LogP contribution in [0.25, 0.3) is 0 Å². The third-order valence-corrected chi connectivity index (χ3v) is 4.60. The first-order valence-corrected chi connectivity index (χ1v) is 7.45. The number of nitrogens with one attached hydrogen (secondary N) is 1. The lowest BCUT2D eigenvalue weighted by molar-refractivity contribution is 0.0952. The van der Waals surface area contributed by atoms with Crippen LogP contribution in [0.4, 0.5) is 0 Å². The minimum Gasteiger partial charge on any atom is -0.352 e. The quantitative estimate of drug-likeness (QED) is 0.816. The molecule has 0 aromatic carbocycles. The Bertz CT molecular complexity index is 409. The zero-order valence-electron chi connectivity index (χ0n) is 10.8. The number of rotatable bonds is 4. The molecule has 0 fully saturated rings. The minimum atomic E-state index is 0.148. The van der Waals surface area contributed by atoms with Crippen molar-refractivity contribution in [1.29, 1.82) is 0 Å². The second kappa shape index (κ2) is 5.67. The largest absolute Gasteiger partial charge is 0.352 e. The summed E-state index contributed by atoms with van der Waals surface area (Å²) in [6, 6.07) is 0. The van der Waals surface area contributed by atoms with Crippen LogP contribution in [0.5, 0.6) is 0 Å². The monoisotopic (exact) mass is 251 g/mol. The van der Waals surface area contributed by atoms with Crippen molar-refractivity contribution < 1.29 is 4.79 Å². The Balaban J connectivity index is 2.14. The molecule has 94 valence electrons. The van der Waals surface area contributed by atoms with Crippen molar-refractivity contribution in [2.45, 2.75) is 52.4 Å². The molecule has 0 saturated carbocycles. The van der Waals surface area contributed by atoms with E-state index >= 15 is 0 Å². The first kappa shape index (κ1) is 12.6. The van der Waals surface area contributed by atoms with Crippen LogP contribution in [-0.2, 0) is 12.8 Å². The molecule has 0 bridgehead atoms. The first-order valence-electron chi connectivity index (χ1n) is 6.63. The Hall–Kier alpha value is -0.830. The van der Waals surface area contributed by atoms with Crippen LogP contribution in [0.2, 0.25) is 0 Å². The highest BCUT2D eigenvalue weighted by Gasteiger charge is 2.22. The molecule has 1 aromatic heterocycles. The van der Waals surface area contributed by atoms with Gasteiger partial charge in [-0.15, -0.1) is 11.3 Å². The zero-order valence-corrected chi connectivity index (χ0v) is 11.6. The van der Waals surface area contributed by atoms with Crippen LogP contribution in [0, 0.1) is 6.92 Å². The van der Waals surface area contributed by atoms with Gasteiger partial charge in [0, 0.05) is 16.3 Å². The van der Waals surface area contributed by atoms with Gasteiger partial charge in [-0.05, 0) is 44.6 Å². The maximum Gasteiger partial charge on any atom is 0.252 e. The summed E-state index contributed by atoms with van der Waals surface area (Å²) in [4.78, 5) is 14.8. The summed E-state index contributed by atoms with van der Waals surface area (Å²) >= 11 is 1.82. The summed E-state index contributed by atoms with van der Waals surface area (Å²) in [5, 5.41) is 3.04. The minimum absolute atomic E-state index is 0.148. The highest BCUT2D eigenvalue weighted by atomic mass is 32.1. The number of hydrogen-bond acceptors (Lipinski definition) is 2. The van der Waals surface area contributed by atoms with E-state index in [-0.39, 0.29) is 5.91 Å². The maximum atomic E-state index is 12.2. The Morgan fingerprint density at radius 1 is 1.35 bits per heavy atom. The predicted molar refractivity (Wildman–Crippen MR) is 72.9 cm³/mol. The summed E-state index contributed by atoms with van der Waals surface area (Å²) in [6.45, 7) is 5.03. The number of hydrogen-bond donors (Lipinski definition) is 1. The Morgan fingerprint density at radius 2 is 2.12 bits per heavy atom. The average molecular weight is 251 g/mol. The van der Waals surface area contributed by atoms with Crippen LogP contribution in [0.3, 0.4) is 0 Å². The second-order valence-electron chi connectivity index (χ2n) is 4.75. The number of carbonyl (C=O) groups is 1. The summed E-state index contributed by atoms with van der Waals surface area (Å²) < 4.78 is 0. The Labute approximate surface area is 107 Å². The maximum absolute atomic E-state index is 12.2. The number of unbranched alkanes of at least 4 members (excludes halogenated alkanes) is 1. The fraction of sp³-hybridized carbons (Fsp3) is 0.643. The number of fused-ring (bicyclic) bond motifs is 1. The zero-order chi connectivity index (χ0) is 12.3. The molecule has 1 aromatic rings. The third kappa shape index (κ3) is 2.71. The van der Waals surface area contributed by atoms with Gasteiger partial charge >= 0.3 is 0 Å². The average Bonchev–Trinajstić information content (AvgIpc) is 2.65. The predicted octanol–water partition coefficient (Wildman–Crippen LogP) is 3.47. The molecular weight excluding hydrogens is 230 g/mol. The highest BCUT2D eigenvalue weighted by Crippen LogP contribution is 2.33. The molecule has 0 radical (unpaired) electrons. The molecule has 1 amide bonds. The van der Waals surface area contributed by atoms with Crippen LogP contribution >= 0.6 is 11.3 Å². The SMILES string of the molecule is CCCCNC(=O)c1c(C)sc2c1CCCC2. The van der Waals surface area contributed by atoms with Crippen molar-refractivity contribution in [1.82, 2.24) is 5.32 Å². The Kier molecular flexibility index (Phi) is 4.21. The van der Waals surface area contributed by atoms with E-state index in [0.29, 0.717) is 0 Å². The van der Waals surface area contributed by atoms with Crippen LogP contribution in [0.15, 0.2) is 0 Å². The van der Waals surface area contributed by atoms with Gasteiger partial charge in [-0.25, -0.2) is 0 Å². The molecule has 1 N–H and O–H groups in total. The van der Waals surface area contributed by atoms with Crippen LogP contribution in [-0.4, -0.2) is 12.5 Å². The van der Waals surface area contributed by atoms with Gasteiger partial charge in [-0.2, -0.15) is 0 Å². The molecule has 1 aliphatic rings. The van der Waals surface area contributed by atoms with Crippen molar-refractivity contribution in [3.63, 3.8) is 0 Å². The third-order valence-electron chi connectivity index (χ3n) is 3.39. The highest BCUT2D eigenvalue weighted by molar-refractivity contribution is 7.12. The standard InChI is InChI=1S/C14H21NOS/c1-3-4-9-15-14(16)13-10(2)17-12-8-6-5-7-11(12)13/h3-9H2,1-2H3,(H,15,16). The fourth-order valence-electron chi connectivity index (χ4n) is 2.47. The van der Waals surface area contributed by atoms with E-state index in [1.165, 1.54) is 34.6 Å². The molecular formula is C14H21NOS. The van der Waals surface area contributed by atoms with Crippen molar-refractivity contribution in [2.24, 2.45) is 0 Å². The molecule has 0 aliphatic heterocycles. The van der Waals surface area contributed by atoms with E-state index in [9.17, 15) is 4.79 Å². The normalized spacial score (nSPS) is 14.5. The van der Waals surface area contributed by atoms with Gasteiger partial charge in [0.2, 0.25) is 0 Å². The molecule has 0 spiro atoms. The van der Waals surface area contributed by atoms with Crippen LogP contribution in [0.1, 0.15) is 58.3 Å². The molecule has 1 aliphatic carbocycles. The van der Waals surface area contributed by atoms with E-state index in [1.54, 1.807) is 0 Å². The summed E-state index contributed by atoms with van der Waals surface area (Å²) in [5.41, 5.74) is 2.33. The van der Waals surface area contributed by atoms with Crippen molar-refractivity contribution in [2.75, 3.05) is 6.54 Å². The van der Waals surface area contributed by atoms with Gasteiger partial charge < -0.3 is 5.32 Å². The van der Waals surface area contributed by atoms with E-state index in [0.717, 1.165) is 31.4 Å². The van der Waals surface area contributed by atoms with E-state index in [4.69, 9.17) is 0 Å². The first-order chi connectivity index (χ1) is 8.24. The lowest BCUT2D eigenvalue weighted by Crippen LogP contribution is -2.25. The van der Waals surface area contributed by atoms with Crippen molar-refractivity contribution >= 4 is 17.2 Å². The van der Waals surface area contributed by atoms with Gasteiger partial charge in [0.1, 0.15) is 0 Å². The molecule has 0 saturated heterocycles. The topological polar surface area (TPSA) is 29.1 Å². The lowest BCUT2D eigenvalue weighted by Gasteiger charge is -2.12. The number of carbonyl (C=O) groups excluding carboxylic acids is 1. The summed E-state index contributed by atoms with van der Waals surface area (Å²) in [7, 11) is 0. The van der Waals surface area contributed by atoms with E-state index in [2.05, 4.69) is 19.2 Å². The van der Waals surface area contributed by atoms with E-state index < -0.39 is 0 Å². The van der Waals surface area contributed by atoms with Gasteiger partial charge in [0.05, 0.1) is 5.56 Å². The fourth-order valence-corrected chi connectivity index (χ4v) is 3.73. The molecule has 17 heavy (non-hydrogen) atoms. The van der Waals surface area contributed by atoms with Gasteiger partial charge in [0.15, 0.2) is 0 Å². The van der Waals surface area contributed by atoms with Crippen molar-refractivity contribution in [3.8, 4) is 0 Å². The second-order valence-corrected chi connectivity index (χ2v) is 6.06. The number of amides is 1. The number of aryl methyl sites for hydroxylation is 2. The van der Waals surface area contributed by atoms with Crippen molar-refractivity contribution in [3.05, 3.63) is 20.9 Å². The van der Waals surface area contributed by atoms with Crippen LogP contribution < -0.4 is 5.32 Å². The molecule has 1 heterocycles. The van der Waals surface area contributed by atoms with Gasteiger partial charge in [0.25, 0.3) is 5.91 Å². The smallest absolute Gasteiger partial charge is 0.252 e. The summed E-state index contributed by atoms with van der Waals surface area (Å²) in [6.07, 6.45) is 6.97. The molecule has 2 rings (SSSR count). The molecule has 3 heteroatoms. The molecule has 0 unspecified atom stereocenters. The van der Waals surface area contributed by atoms with E-state index in [1.807, 2.05) is 11.3 Å². The summed E-state index contributed by atoms with van der Waals surface area (Å²) in [5.74, 6) is 0.148. The molecule has 2 nitrogen and oxygen atoms in total. The number of thiophene rings is 1. The lowest BCUT2D eigenvalue weighted by atomic mass is 9.94. The van der Waals surface area contributed by atoms with Gasteiger partial charge in [-0.3, -0.25) is 4.79 Å². The molecule has 0 atom stereocenters.